The molecule has 0 spiro atoms. The molecule has 0 saturated heterocycles. The summed E-state index contributed by atoms with van der Waals surface area (Å²) in [4.78, 5) is 24.8. The van der Waals surface area contributed by atoms with E-state index in [1.807, 2.05) is 0 Å². The lowest BCUT2D eigenvalue weighted by Gasteiger charge is -2.16. The molecule has 0 fully saturated rings. The second-order valence-corrected chi connectivity index (χ2v) is 8.44. The zero-order chi connectivity index (χ0) is 21.8. The molecule has 2 aromatic rings. The van der Waals surface area contributed by atoms with Gasteiger partial charge >= 0.3 is 6.18 Å². The first-order valence-corrected chi connectivity index (χ1v) is 9.56. The van der Waals surface area contributed by atoms with Crippen molar-refractivity contribution in [1.29, 1.82) is 0 Å². The molecule has 0 aliphatic rings. The minimum Gasteiger partial charge on any atom is -0.340 e. The van der Waals surface area contributed by atoms with E-state index in [4.69, 9.17) is 0 Å². The highest BCUT2D eigenvalue weighted by Gasteiger charge is 2.30. The van der Waals surface area contributed by atoms with Crippen molar-refractivity contribution in [3.8, 4) is 11.8 Å². The van der Waals surface area contributed by atoms with Gasteiger partial charge in [-0.2, -0.15) is 13.2 Å². The first-order valence-electron chi connectivity index (χ1n) is 8.74. The van der Waals surface area contributed by atoms with Crippen molar-refractivity contribution < 1.29 is 22.8 Å². The number of carbonyl (C=O) groups excluding carboxylic acids is 2. The van der Waals surface area contributed by atoms with E-state index >= 15 is 0 Å². The number of hydrogen-bond donors (Lipinski definition) is 2. The lowest BCUT2D eigenvalue weighted by Crippen LogP contribution is -2.27. The minimum atomic E-state index is -4.43. The summed E-state index contributed by atoms with van der Waals surface area (Å²) in [6.45, 7) is 7.11. The van der Waals surface area contributed by atoms with Gasteiger partial charge in [-0.15, -0.1) is 11.3 Å². The number of nitrogens with one attached hydrogen (secondary N) is 2. The molecule has 8 heteroatoms. The van der Waals surface area contributed by atoms with Gasteiger partial charge in [-0.25, -0.2) is 0 Å². The van der Waals surface area contributed by atoms with Gasteiger partial charge in [-0.1, -0.05) is 38.7 Å². The summed E-state index contributed by atoms with van der Waals surface area (Å²) >= 11 is 1.15. The molecule has 2 rings (SSSR count). The minimum absolute atomic E-state index is 0.0178. The van der Waals surface area contributed by atoms with Gasteiger partial charge in [0.05, 0.1) is 22.0 Å². The summed E-state index contributed by atoms with van der Waals surface area (Å²) in [5.41, 5.74) is -0.400. The molecule has 0 saturated carbocycles. The number of amides is 2. The average molecular weight is 422 g/mol. The van der Waals surface area contributed by atoms with Gasteiger partial charge in [0.15, 0.2) is 0 Å². The van der Waals surface area contributed by atoms with Crippen molar-refractivity contribution in [3.63, 3.8) is 0 Å². The van der Waals surface area contributed by atoms with E-state index in [0.29, 0.717) is 15.4 Å². The summed E-state index contributed by atoms with van der Waals surface area (Å²) in [5.74, 6) is 4.74. The Kier molecular flexibility index (Phi) is 6.75. The standard InChI is InChI=1S/C21H21F3N2O2S/c1-13-11-16(26-19(28)20(2,3)4)29-17(13)18(27)25-10-6-8-14-7-5-9-15(12-14)21(22,23)24/h5,7,9,11-12H,10H2,1-4H3,(H,25,27)(H,26,28). The predicted octanol–water partition coefficient (Wildman–Crippen LogP) is 4.84. The highest BCUT2D eigenvalue weighted by Crippen LogP contribution is 2.30. The SMILES string of the molecule is Cc1cc(NC(=O)C(C)(C)C)sc1C(=O)NCC#Cc1cccc(C(F)(F)F)c1. The zero-order valence-corrected chi connectivity index (χ0v) is 17.3. The van der Waals surface area contributed by atoms with E-state index in [2.05, 4.69) is 22.5 Å². The topological polar surface area (TPSA) is 58.2 Å². The Morgan fingerprint density at radius 3 is 2.45 bits per heavy atom. The zero-order valence-electron chi connectivity index (χ0n) is 16.5. The monoisotopic (exact) mass is 422 g/mol. The normalized spacial score (nSPS) is 11.4. The molecule has 1 aromatic carbocycles. The van der Waals surface area contributed by atoms with Crippen LogP contribution in [0.15, 0.2) is 30.3 Å². The Labute approximate surface area is 171 Å². The maximum absolute atomic E-state index is 12.7. The van der Waals surface area contributed by atoms with E-state index in [1.165, 1.54) is 12.1 Å². The van der Waals surface area contributed by atoms with E-state index in [9.17, 15) is 22.8 Å². The molecule has 0 aliphatic carbocycles. The number of hydrogen-bond acceptors (Lipinski definition) is 3. The number of thiophene rings is 1. The lowest BCUT2D eigenvalue weighted by molar-refractivity contribution is -0.137. The summed E-state index contributed by atoms with van der Waals surface area (Å²) < 4.78 is 38.1. The second-order valence-electron chi connectivity index (χ2n) is 7.39. The largest absolute Gasteiger partial charge is 0.416 e. The van der Waals surface area contributed by atoms with Crippen LogP contribution in [0.25, 0.3) is 0 Å². The van der Waals surface area contributed by atoms with E-state index in [0.717, 1.165) is 23.5 Å². The number of carbonyl (C=O) groups is 2. The fraction of sp³-hybridized carbons (Fsp3) is 0.333. The van der Waals surface area contributed by atoms with Gasteiger partial charge in [-0.3, -0.25) is 9.59 Å². The molecule has 0 atom stereocenters. The maximum Gasteiger partial charge on any atom is 0.416 e. The highest BCUT2D eigenvalue weighted by molar-refractivity contribution is 7.18. The van der Waals surface area contributed by atoms with Crippen LogP contribution in [0.1, 0.15) is 47.1 Å². The fourth-order valence-corrected chi connectivity index (χ4v) is 3.18. The number of rotatable bonds is 3. The van der Waals surface area contributed by atoms with Crippen LogP contribution >= 0.6 is 11.3 Å². The van der Waals surface area contributed by atoms with E-state index in [-0.39, 0.29) is 23.9 Å². The fourth-order valence-electron chi connectivity index (χ4n) is 2.19. The first kappa shape index (κ1) is 22.5. The molecular weight excluding hydrogens is 401 g/mol. The van der Waals surface area contributed by atoms with Crippen molar-refractivity contribution in [1.82, 2.24) is 5.32 Å². The molecule has 0 unspecified atom stereocenters. The molecule has 2 amide bonds. The van der Waals surface area contributed by atoms with Crippen LogP contribution in [-0.4, -0.2) is 18.4 Å². The average Bonchev–Trinajstić information content (AvgIpc) is 2.97. The quantitative estimate of drug-likeness (QED) is 0.696. The molecule has 29 heavy (non-hydrogen) atoms. The van der Waals surface area contributed by atoms with Crippen LogP contribution in [0.3, 0.4) is 0 Å². The first-order chi connectivity index (χ1) is 13.4. The third kappa shape index (κ3) is 6.36. The van der Waals surface area contributed by atoms with Crippen molar-refractivity contribution >= 4 is 28.2 Å². The summed E-state index contributed by atoms with van der Waals surface area (Å²) in [7, 11) is 0. The van der Waals surface area contributed by atoms with Gasteiger partial charge in [-0.05, 0) is 36.8 Å². The Balaban J connectivity index is 1.99. The third-order valence-electron chi connectivity index (χ3n) is 3.80. The van der Waals surface area contributed by atoms with Crippen molar-refractivity contribution in [2.45, 2.75) is 33.9 Å². The van der Waals surface area contributed by atoms with Crippen LogP contribution in [0.2, 0.25) is 0 Å². The molecule has 1 aromatic heterocycles. The summed E-state index contributed by atoms with van der Waals surface area (Å²) in [5, 5.41) is 5.97. The molecular formula is C21H21F3N2O2S. The van der Waals surface area contributed by atoms with Crippen molar-refractivity contribution in [2.75, 3.05) is 11.9 Å². The highest BCUT2D eigenvalue weighted by atomic mass is 32.1. The Bertz CT molecular complexity index is 976. The lowest BCUT2D eigenvalue weighted by atomic mass is 9.96. The summed E-state index contributed by atoms with van der Waals surface area (Å²) in [6, 6.07) is 6.41. The summed E-state index contributed by atoms with van der Waals surface area (Å²) in [6.07, 6.45) is -4.43. The molecule has 0 radical (unpaired) electrons. The van der Waals surface area contributed by atoms with Gasteiger partial charge < -0.3 is 10.6 Å². The molecule has 2 N–H and O–H groups in total. The van der Waals surface area contributed by atoms with Gasteiger partial charge in [0.2, 0.25) is 5.91 Å². The Morgan fingerprint density at radius 1 is 1.14 bits per heavy atom. The van der Waals surface area contributed by atoms with Gasteiger partial charge in [0.1, 0.15) is 0 Å². The maximum atomic E-state index is 12.7. The molecule has 0 bridgehead atoms. The number of anilines is 1. The Hall–Kier alpha value is -2.79. The van der Waals surface area contributed by atoms with Crippen LogP contribution in [0.5, 0.6) is 0 Å². The van der Waals surface area contributed by atoms with Crippen LogP contribution < -0.4 is 10.6 Å². The van der Waals surface area contributed by atoms with Crippen LogP contribution in [0.4, 0.5) is 18.2 Å². The van der Waals surface area contributed by atoms with Gasteiger partial charge in [0, 0.05) is 11.0 Å². The van der Waals surface area contributed by atoms with Crippen molar-refractivity contribution in [2.24, 2.45) is 5.41 Å². The predicted molar refractivity (Wildman–Crippen MR) is 108 cm³/mol. The third-order valence-corrected chi connectivity index (χ3v) is 4.95. The smallest absolute Gasteiger partial charge is 0.340 e. The number of halogens is 3. The molecule has 4 nitrogen and oxygen atoms in total. The molecule has 0 aliphatic heterocycles. The van der Waals surface area contributed by atoms with Crippen LogP contribution in [0, 0.1) is 24.2 Å². The number of aryl methyl sites for hydroxylation is 1. The number of benzene rings is 1. The Morgan fingerprint density at radius 2 is 1.83 bits per heavy atom. The number of alkyl halides is 3. The van der Waals surface area contributed by atoms with Crippen molar-refractivity contribution in [3.05, 3.63) is 51.9 Å². The van der Waals surface area contributed by atoms with E-state index in [1.54, 1.807) is 33.8 Å². The van der Waals surface area contributed by atoms with Crippen LogP contribution in [-0.2, 0) is 11.0 Å². The second kappa shape index (κ2) is 8.70. The van der Waals surface area contributed by atoms with E-state index < -0.39 is 17.2 Å². The van der Waals surface area contributed by atoms with Gasteiger partial charge in [0.25, 0.3) is 5.91 Å². The molecule has 1 heterocycles. The molecule has 154 valence electrons.